The summed E-state index contributed by atoms with van der Waals surface area (Å²) in [4.78, 5) is 0. The molecule has 1 unspecified atom stereocenters. The second-order valence-electron chi connectivity index (χ2n) is 4.76. The van der Waals surface area contributed by atoms with Gasteiger partial charge in [0.05, 0.1) is 6.21 Å². The number of nitrogen functional groups attached to an aromatic ring is 1. The molecular weight excluding hydrogens is 363 g/mol. The molecule has 20 heavy (non-hydrogen) atoms. The zero-order valence-electron chi connectivity index (χ0n) is 10.7. The molecule has 3 rings (SSSR count). The monoisotopic (exact) mass is 376 g/mol. The lowest BCUT2D eigenvalue weighted by Crippen LogP contribution is -2.26. The van der Waals surface area contributed by atoms with Crippen molar-refractivity contribution in [1.29, 1.82) is 0 Å². The lowest BCUT2D eigenvalue weighted by Gasteiger charge is -2.22. The minimum Gasteiger partial charge on any atom is -0.398 e. The van der Waals surface area contributed by atoms with Crippen LogP contribution in [0.5, 0.6) is 0 Å². The van der Waals surface area contributed by atoms with E-state index >= 15 is 0 Å². The highest BCUT2D eigenvalue weighted by atomic mass is 127. The summed E-state index contributed by atoms with van der Waals surface area (Å²) in [6, 6.07) is 16.2. The van der Waals surface area contributed by atoms with Gasteiger partial charge in [0, 0.05) is 15.7 Å². The topological polar surface area (TPSA) is 63.1 Å². The summed E-state index contributed by atoms with van der Waals surface area (Å²) in [5.41, 5.74) is 8.40. The molecule has 0 spiro atoms. The maximum absolute atomic E-state index is 5.89. The van der Waals surface area contributed by atoms with Gasteiger partial charge in [-0.25, -0.2) is 0 Å². The minimum atomic E-state index is -0.519. The van der Waals surface area contributed by atoms with E-state index in [9.17, 15) is 0 Å². The van der Waals surface area contributed by atoms with Crippen molar-refractivity contribution in [3.8, 4) is 0 Å². The largest absolute Gasteiger partial charge is 0.398 e. The Morgan fingerprint density at radius 2 is 1.90 bits per heavy atom. The van der Waals surface area contributed by atoms with Gasteiger partial charge in [0.25, 0.3) is 0 Å². The molecular formula is C15H13IN4. The first-order valence-electron chi connectivity index (χ1n) is 6.25. The summed E-state index contributed by atoms with van der Waals surface area (Å²) in [5.74, 6) is 0. The SMILES string of the molecule is Nc1ccc(C2(Cc3ccccc3)C=NN=N2)cc1I. The zero-order chi connectivity index (χ0) is 14.0. The van der Waals surface area contributed by atoms with Crippen LogP contribution < -0.4 is 5.73 Å². The van der Waals surface area contributed by atoms with Crippen LogP contribution in [0.3, 0.4) is 0 Å². The third kappa shape index (κ3) is 2.45. The predicted molar refractivity (Wildman–Crippen MR) is 88.7 cm³/mol. The Morgan fingerprint density at radius 1 is 1.10 bits per heavy atom. The van der Waals surface area contributed by atoms with Crippen LogP contribution in [0.2, 0.25) is 0 Å². The molecule has 100 valence electrons. The predicted octanol–water partition coefficient (Wildman–Crippen LogP) is 3.76. The summed E-state index contributed by atoms with van der Waals surface area (Å²) < 4.78 is 1.02. The average Bonchev–Trinajstić information content (AvgIpc) is 2.93. The maximum Gasteiger partial charge on any atom is 0.149 e. The molecule has 0 saturated carbocycles. The Labute approximate surface area is 130 Å². The van der Waals surface area contributed by atoms with E-state index in [1.165, 1.54) is 5.56 Å². The number of benzene rings is 2. The lowest BCUT2D eigenvalue weighted by atomic mass is 9.85. The highest BCUT2D eigenvalue weighted by Crippen LogP contribution is 2.33. The van der Waals surface area contributed by atoms with Crippen LogP contribution in [0.4, 0.5) is 5.69 Å². The zero-order valence-corrected chi connectivity index (χ0v) is 12.9. The summed E-state index contributed by atoms with van der Waals surface area (Å²) in [6.45, 7) is 0. The molecule has 0 radical (unpaired) electrons. The van der Waals surface area contributed by atoms with Crippen molar-refractivity contribution in [2.45, 2.75) is 12.0 Å². The number of hydrogen-bond donors (Lipinski definition) is 1. The molecule has 1 atom stereocenters. The summed E-state index contributed by atoms with van der Waals surface area (Å²) in [6.07, 6.45) is 2.54. The van der Waals surface area contributed by atoms with E-state index < -0.39 is 5.54 Å². The first-order valence-corrected chi connectivity index (χ1v) is 7.33. The van der Waals surface area contributed by atoms with Crippen LogP contribution >= 0.6 is 22.6 Å². The summed E-state index contributed by atoms with van der Waals surface area (Å²) >= 11 is 2.23. The fraction of sp³-hybridized carbons (Fsp3) is 0.133. The van der Waals surface area contributed by atoms with E-state index in [1.54, 1.807) is 0 Å². The highest BCUT2D eigenvalue weighted by molar-refractivity contribution is 14.1. The first kappa shape index (κ1) is 13.2. The van der Waals surface area contributed by atoms with E-state index in [2.05, 4.69) is 56.2 Å². The molecule has 1 heterocycles. The molecule has 5 heteroatoms. The molecule has 2 aromatic rings. The standard InChI is InChI=1S/C15H13IN4/c16-13-8-12(6-7-14(13)17)15(10-18-20-19-15)9-11-4-2-1-3-5-11/h1-8,10H,9,17H2. The van der Waals surface area contributed by atoms with Gasteiger partial charge in [0.2, 0.25) is 0 Å². The molecule has 0 fully saturated rings. The van der Waals surface area contributed by atoms with Gasteiger partial charge in [-0.05, 0) is 51.1 Å². The van der Waals surface area contributed by atoms with Crippen LogP contribution in [0.1, 0.15) is 11.1 Å². The molecule has 0 bridgehead atoms. The third-order valence-electron chi connectivity index (χ3n) is 3.36. The highest BCUT2D eigenvalue weighted by Gasteiger charge is 2.34. The van der Waals surface area contributed by atoms with Crippen molar-refractivity contribution >= 4 is 34.5 Å². The Bertz CT molecular complexity index is 668. The number of nitrogens with two attached hydrogens (primary N) is 1. The minimum absolute atomic E-state index is 0.519. The molecule has 0 aromatic heterocycles. The number of nitrogens with zero attached hydrogens (tertiary/aromatic N) is 3. The third-order valence-corrected chi connectivity index (χ3v) is 4.30. The van der Waals surface area contributed by atoms with Crippen LogP contribution in [-0.2, 0) is 12.0 Å². The quantitative estimate of drug-likeness (QED) is 0.644. The van der Waals surface area contributed by atoms with E-state index in [4.69, 9.17) is 5.73 Å². The van der Waals surface area contributed by atoms with Gasteiger partial charge < -0.3 is 5.73 Å². The first-order chi connectivity index (χ1) is 9.70. The van der Waals surface area contributed by atoms with Gasteiger partial charge in [-0.2, -0.15) is 5.11 Å². The van der Waals surface area contributed by atoms with Gasteiger partial charge in [0.1, 0.15) is 5.54 Å². The Balaban J connectivity index is 2.02. The average molecular weight is 376 g/mol. The second-order valence-corrected chi connectivity index (χ2v) is 5.92. The molecule has 1 aliphatic heterocycles. The molecule has 0 amide bonds. The van der Waals surface area contributed by atoms with Gasteiger partial charge in [-0.3, -0.25) is 0 Å². The van der Waals surface area contributed by atoms with Gasteiger partial charge in [0.15, 0.2) is 0 Å². The second kappa shape index (κ2) is 5.32. The number of anilines is 1. The van der Waals surface area contributed by atoms with E-state index in [0.29, 0.717) is 0 Å². The van der Waals surface area contributed by atoms with Crippen LogP contribution in [0, 0.1) is 3.57 Å². The van der Waals surface area contributed by atoms with Crippen molar-refractivity contribution in [2.75, 3.05) is 5.73 Å². The molecule has 4 nitrogen and oxygen atoms in total. The van der Waals surface area contributed by atoms with Crippen molar-refractivity contribution in [3.63, 3.8) is 0 Å². The molecule has 2 N–H and O–H groups in total. The molecule has 0 aliphatic carbocycles. The number of hydrogen-bond acceptors (Lipinski definition) is 4. The van der Waals surface area contributed by atoms with Crippen LogP contribution in [0.15, 0.2) is 64.0 Å². The molecule has 1 aliphatic rings. The van der Waals surface area contributed by atoms with Crippen LogP contribution in [0.25, 0.3) is 0 Å². The lowest BCUT2D eigenvalue weighted by molar-refractivity contribution is 0.598. The van der Waals surface area contributed by atoms with Gasteiger partial charge >= 0.3 is 0 Å². The van der Waals surface area contributed by atoms with Crippen molar-refractivity contribution in [3.05, 3.63) is 63.2 Å². The molecule has 0 saturated heterocycles. The fourth-order valence-electron chi connectivity index (χ4n) is 2.27. The van der Waals surface area contributed by atoms with Gasteiger partial charge in [-0.15, -0.1) is 5.10 Å². The van der Waals surface area contributed by atoms with E-state index in [0.717, 1.165) is 21.2 Å². The summed E-state index contributed by atoms with van der Waals surface area (Å²) in [5, 5.41) is 12.1. The van der Waals surface area contributed by atoms with E-state index in [-0.39, 0.29) is 0 Å². The summed E-state index contributed by atoms with van der Waals surface area (Å²) in [7, 11) is 0. The van der Waals surface area contributed by atoms with Crippen molar-refractivity contribution in [2.24, 2.45) is 15.4 Å². The number of halogens is 1. The molecule has 2 aromatic carbocycles. The smallest absolute Gasteiger partial charge is 0.149 e. The van der Waals surface area contributed by atoms with Gasteiger partial charge in [-0.1, -0.05) is 36.4 Å². The van der Waals surface area contributed by atoms with Crippen molar-refractivity contribution < 1.29 is 0 Å². The van der Waals surface area contributed by atoms with Crippen molar-refractivity contribution in [1.82, 2.24) is 0 Å². The Hall–Kier alpha value is -1.76. The van der Waals surface area contributed by atoms with Crippen LogP contribution in [-0.4, -0.2) is 6.21 Å². The Kier molecular flexibility index (Phi) is 3.52. The maximum atomic E-state index is 5.89. The van der Waals surface area contributed by atoms with E-state index in [1.807, 2.05) is 36.5 Å². The Morgan fingerprint density at radius 3 is 2.55 bits per heavy atom. The normalized spacial score (nSPS) is 20.4. The fourth-order valence-corrected chi connectivity index (χ4v) is 2.79. The number of rotatable bonds is 3.